The van der Waals surface area contributed by atoms with E-state index >= 15 is 0 Å². The summed E-state index contributed by atoms with van der Waals surface area (Å²) in [7, 11) is 1.86. The molecule has 5 nitrogen and oxygen atoms in total. The van der Waals surface area contributed by atoms with E-state index in [4.69, 9.17) is 4.74 Å². The van der Waals surface area contributed by atoms with E-state index in [0.29, 0.717) is 11.4 Å². The molecule has 29 heavy (non-hydrogen) atoms. The van der Waals surface area contributed by atoms with Crippen molar-refractivity contribution in [2.75, 3.05) is 0 Å². The number of ether oxygens (including phenoxy) is 1. The van der Waals surface area contributed by atoms with Crippen LogP contribution in [0.25, 0.3) is 11.0 Å². The van der Waals surface area contributed by atoms with Crippen molar-refractivity contribution in [1.29, 1.82) is 0 Å². The normalized spacial score (nSPS) is 19.3. The number of hydrogen-bond acceptors (Lipinski definition) is 4. The molecule has 0 atom stereocenters. The number of nitrogens with zero attached hydrogens (tertiary/aromatic N) is 2. The van der Waals surface area contributed by atoms with Crippen LogP contribution in [0.2, 0.25) is 0 Å². The zero-order valence-electron chi connectivity index (χ0n) is 17.1. The van der Waals surface area contributed by atoms with Crippen LogP contribution in [-0.4, -0.2) is 27.2 Å². The first kappa shape index (κ1) is 19.4. The summed E-state index contributed by atoms with van der Waals surface area (Å²) in [5.41, 5.74) is 3.33. The van der Waals surface area contributed by atoms with Crippen molar-refractivity contribution in [2.24, 2.45) is 13.0 Å². The Labute approximate surface area is 170 Å². The first-order chi connectivity index (χ1) is 13.9. The van der Waals surface area contributed by atoms with Gasteiger partial charge in [0.2, 0.25) is 5.78 Å². The summed E-state index contributed by atoms with van der Waals surface area (Å²) in [5.74, 6) is 1.56. The fraction of sp³-hybridized carbons (Fsp3) is 0.375. The summed E-state index contributed by atoms with van der Waals surface area (Å²) < 4.78 is 7.99. The van der Waals surface area contributed by atoms with Gasteiger partial charge >= 0.3 is 0 Å². The van der Waals surface area contributed by atoms with Crippen LogP contribution < -0.4 is 4.74 Å². The van der Waals surface area contributed by atoms with E-state index in [0.717, 1.165) is 48.0 Å². The molecule has 1 aliphatic carbocycles. The molecule has 4 rings (SSSR count). The second-order valence-electron chi connectivity index (χ2n) is 8.05. The molecule has 0 unspecified atom stereocenters. The minimum Gasteiger partial charge on any atom is -0.490 e. The third-order valence-corrected chi connectivity index (χ3v) is 5.89. The summed E-state index contributed by atoms with van der Waals surface area (Å²) in [6.45, 7) is 3.65. The van der Waals surface area contributed by atoms with Gasteiger partial charge in [-0.1, -0.05) is 23.8 Å². The standard InChI is InChI=1S/C24H26N2O3/c1-15-5-4-6-18(13-15)23(28)24-25-21-14-20(11-12-22(21)26(24)3)29-19-9-7-17(8-10-19)16(2)27/h4-6,11-14,17,19H,7-10H2,1-3H3/t17-,19+. The van der Waals surface area contributed by atoms with Crippen molar-refractivity contribution < 1.29 is 14.3 Å². The number of carbonyl (C=O) groups excluding carboxylic acids is 2. The maximum absolute atomic E-state index is 12.9. The van der Waals surface area contributed by atoms with Crippen molar-refractivity contribution in [3.63, 3.8) is 0 Å². The van der Waals surface area contributed by atoms with E-state index in [1.165, 1.54) is 0 Å². The van der Waals surface area contributed by atoms with Crippen LogP contribution >= 0.6 is 0 Å². The third kappa shape index (κ3) is 3.95. The van der Waals surface area contributed by atoms with Crippen LogP contribution in [0.3, 0.4) is 0 Å². The zero-order chi connectivity index (χ0) is 20.5. The molecule has 3 aromatic rings. The quantitative estimate of drug-likeness (QED) is 0.596. The molecule has 1 fully saturated rings. The summed E-state index contributed by atoms with van der Waals surface area (Å²) in [4.78, 5) is 29.1. The van der Waals surface area contributed by atoms with Gasteiger partial charge < -0.3 is 9.30 Å². The minimum absolute atomic E-state index is 0.0857. The van der Waals surface area contributed by atoms with E-state index in [9.17, 15) is 9.59 Å². The lowest BCUT2D eigenvalue weighted by molar-refractivity contribution is -0.122. The Hall–Kier alpha value is -2.95. The summed E-state index contributed by atoms with van der Waals surface area (Å²) in [6, 6.07) is 13.3. The predicted octanol–water partition coefficient (Wildman–Crippen LogP) is 4.64. The highest BCUT2D eigenvalue weighted by molar-refractivity contribution is 6.08. The number of carbonyl (C=O) groups is 2. The van der Waals surface area contributed by atoms with Crippen LogP contribution in [0.5, 0.6) is 5.75 Å². The van der Waals surface area contributed by atoms with Crippen molar-refractivity contribution in [2.45, 2.75) is 45.6 Å². The molecular weight excluding hydrogens is 364 g/mol. The Kier molecular flexibility index (Phi) is 5.22. The molecule has 1 aliphatic rings. The Morgan fingerprint density at radius 3 is 2.52 bits per heavy atom. The third-order valence-electron chi connectivity index (χ3n) is 5.89. The number of ketones is 2. The number of benzene rings is 2. The summed E-state index contributed by atoms with van der Waals surface area (Å²) in [5, 5.41) is 0. The van der Waals surface area contributed by atoms with Gasteiger partial charge in [0.25, 0.3) is 0 Å². The average Bonchev–Trinajstić information content (AvgIpc) is 3.04. The van der Waals surface area contributed by atoms with Gasteiger partial charge in [-0.3, -0.25) is 9.59 Å². The molecule has 0 radical (unpaired) electrons. The molecule has 0 N–H and O–H groups in total. The smallest absolute Gasteiger partial charge is 0.228 e. The number of Topliss-reactive ketones (excluding diaryl/α,β-unsaturated/α-hetero) is 1. The Morgan fingerprint density at radius 2 is 1.83 bits per heavy atom. The highest BCUT2D eigenvalue weighted by Crippen LogP contribution is 2.30. The number of imidazole rings is 1. The van der Waals surface area contributed by atoms with Gasteiger partial charge in [-0.25, -0.2) is 4.98 Å². The van der Waals surface area contributed by atoms with Crippen molar-refractivity contribution in [3.8, 4) is 5.75 Å². The minimum atomic E-state index is -0.0857. The second-order valence-corrected chi connectivity index (χ2v) is 8.05. The van der Waals surface area contributed by atoms with Gasteiger partial charge in [0.1, 0.15) is 11.5 Å². The van der Waals surface area contributed by atoms with E-state index < -0.39 is 0 Å². The highest BCUT2D eigenvalue weighted by atomic mass is 16.5. The first-order valence-electron chi connectivity index (χ1n) is 10.2. The SMILES string of the molecule is Cc1cccc(C(=O)c2nc3cc(O[C@H]4CC[C@@H](C(C)=O)CC4)ccc3n2C)c1. The average molecular weight is 390 g/mol. The topological polar surface area (TPSA) is 61.2 Å². The molecule has 150 valence electrons. The van der Waals surface area contributed by atoms with E-state index in [2.05, 4.69) is 4.98 Å². The van der Waals surface area contributed by atoms with Crippen molar-refractivity contribution in [3.05, 3.63) is 59.4 Å². The van der Waals surface area contributed by atoms with E-state index in [1.54, 1.807) is 6.92 Å². The Balaban J connectivity index is 1.54. The van der Waals surface area contributed by atoms with Crippen LogP contribution in [0, 0.1) is 12.8 Å². The highest BCUT2D eigenvalue weighted by Gasteiger charge is 2.25. The summed E-state index contributed by atoms with van der Waals surface area (Å²) >= 11 is 0. The number of fused-ring (bicyclic) bond motifs is 1. The van der Waals surface area contributed by atoms with Gasteiger partial charge in [-0.15, -0.1) is 0 Å². The predicted molar refractivity (Wildman–Crippen MR) is 112 cm³/mol. The van der Waals surface area contributed by atoms with E-state index in [-0.39, 0.29) is 23.6 Å². The Bertz CT molecular complexity index is 1070. The lowest BCUT2D eigenvalue weighted by Gasteiger charge is -2.27. The molecule has 0 bridgehead atoms. The number of aryl methyl sites for hydroxylation is 2. The van der Waals surface area contributed by atoms with Gasteiger partial charge in [0, 0.05) is 24.6 Å². The molecule has 0 saturated heterocycles. The number of rotatable bonds is 5. The molecule has 0 spiro atoms. The Morgan fingerprint density at radius 1 is 1.07 bits per heavy atom. The molecule has 0 amide bonds. The lowest BCUT2D eigenvalue weighted by atomic mass is 9.85. The first-order valence-corrected chi connectivity index (χ1v) is 10.2. The van der Waals surface area contributed by atoms with E-state index in [1.807, 2.05) is 61.0 Å². The molecule has 0 aliphatic heterocycles. The van der Waals surface area contributed by atoms with Gasteiger partial charge in [0.15, 0.2) is 5.82 Å². The van der Waals surface area contributed by atoms with Crippen LogP contribution in [0.15, 0.2) is 42.5 Å². The molecule has 2 aromatic carbocycles. The molecule has 1 heterocycles. The summed E-state index contributed by atoms with van der Waals surface area (Å²) in [6.07, 6.45) is 3.69. The van der Waals surface area contributed by atoms with Crippen LogP contribution in [0.1, 0.15) is 54.4 Å². The van der Waals surface area contributed by atoms with Crippen molar-refractivity contribution >= 4 is 22.6 Å². The molecular formula is C24H26N2O3. The lowest BCUT2D eigenvalue weighted by Crippen LogP contribution is -2.26. The number of hydrogen-bond donors (Lipinski definition) is 0. The second kappa shape index (κ2) is 7.82. The zero-order valence-corrected chi connectivity index (χ0v) is 17.1. The fourth-order valence-electron chi connectivity index (χ4n) is 4.15. The van der Waals surface area contributed by atoms with Gasteiger partial charge in [-0.05, 0) is 57.7 Å². The monoisotopic (exact) mass is 390 g/mol. The van der Waals surface area contributed by atoms with Gasteiger partial charge in [0.05, 0.1) is 17.1 Å². The fourth-order valence-corrected chi connectivity index (χ4v) is 4.15. The van der Waals surface area contributed by atoms with Crippen LogP contribution in [0.4, 0.5) is 0 Å². The molecule has 5 heteroatoms. The van der Waals surface area contributed by atoms with Crippen molar-refractivity contribution in [1.82, 2.24) is 9.55 Å². The molecule has 1 aromatic heterocycles. The number of aromatic nitrogens is 2. The van der Waals surface area contributed by atoms with Gasteiger partial charge in [-0.2, -0.15) is 0 Å². The molecule has 1 saturated carbocycles. The maximum atomic E-state index is 12.9. The maximum Gasteiger partial charge on any atom is 0.228 e. The largest absolute Gasteiger partial charge is 0.490 e. The van der Waals surface area contributed by atoms with Crippen LogP contribution in [-0.2, 0) is 11.8 Å².